The molecule has 1 aromatic heterocycles. The molecule has 0 saturated carbocycles. The lowest BCUT2D eigenvalue weighted by atomic mass is 10.1. The van der Waals surface area contributed by atoms with Crippen LogP contribution in [0.1, 0.15) is 18.7 Å². The Labute approximate surface area is 158 Å². The van der Waals surface area contributed by atoms with Crippen LogP contribution in [0, 0.1) is 6.92 Å². The summed E-state index contributed by atoms with van der Waals surface area (Å²) >= 11 is 0. The van der Waals surface area contributed by atoms with E-state index in [0.29, 0.717) is 42.0 Å². The Morgan fingerprint density at radius 3 is 2.56 bits per heavy atom. The molecule has 8 heteroatoms. The maximum absolute atomic E-state index is 12.5. The van der Waals surface area contributed by atoms with E-state index in [1.165, 1.54) is 0 Å². The number of aryl methyl sites for hydroxylation is 1. The number of piperidine rings is 1. The van der Waals surface area contributed by atoms with E-state index in [1.807, 2.05) is 6.92 Å². The lowest BCUT2D eigenvalue weighted by Crippen LogP contribution is -2.43. The molecule has 0 aliphatic carbocycles. The van der Waals surface area contributed by atoms with Gasteiger partial charge in [0.1, 0.15) is 11.9 Å². The van der Waals surface area contributed by atoms with Crippen LogP contribution in [0.3, 0.4) is 0 Å². The number of anilines is 1. The third kappa shape index (κ3) is 4.78. The predicted molar refractivity (Wildman–Crippen MR) is 101 cm³/mol. The van der Waals surface area contributed by atoms with E-state index < -0.39 is 0 Å². The van der Waals surface area contributed by atoms with Crippen molar-refractivity contribution in [3.63, 3.8) is 0 Å². The number of methoxy groups -OCH3 is 2. The maximum Gasteiger partial charge on any atom is 0.321 e. The summed E-state index contributed by atoms with van der Waals surface area (Å²) in [6.07, 6.45) is 3.23. The highest BCUT2D eigenvalue weighted by Gasteiger charge is 2.24. The van der Waals surface area contributed by atoms with Crippen molar-refractivity contribution in [3.05, 3.63) is 36.3 Å². The van der Waals surface area contributed by atoms with Crippen LogP contribution >= 0.6 is 0 Å². The fourth-order valence-corrected chi connectivity index (χ4v) is 2.96. The number of hydrogen-bond acceptors (Lipinski definition) is 6. The normalized spacial score (nSPS) is 14.6. The number of nitrogens with zero attached hydrogens (tertiary/aromatic N) is 3. The molecule has 0 spiro atoms. The number of carbonyl (C=O) groups is 1. The number of carbonyl (C=O) groups excluding carboxylic acids is 1. The van der Waals surface area contributed by atoms with Crippen molar-refractivity contribution >= 4 is 11.7 Å². The van der Waals surface area contributed by atoms with Gasteiger partial charge in [0.25, 0.3) is 0 Å². The number of nitrogens with one attached hydrogen (secondary N) is 1. The molecule has 1 aliphatic rings. The van der Waals surface area contributed by atoms with Crippen molar-refractivity contribution in [2.75, 3.05) is 32.6 Å². The second-order valence-corrected chi connectivity index (χ2v) is 6.25. The quantitative estimate of drug-likeness (QED) is 0.869. The zero-order chi connectivity index (χ0) is 19.2. The molecule has 1 aliphatic heterocycles. The Morgan fingerprint density at radius 2 is 1.89 bits per heavy atom. The van der Waals surface area contributed by atoms with E-state index in [9.17, 15) is 4.79 Å². The fourth-order valence-electron chi connectivity index (χ4n) is 2.96. The van der Waals surface area contributed by atoms with Gasteiger partial charge in [-0.2, -0.15) is 4.98 Å². The van der Waals surface area contributed by atoms with Crippen molar-refractivity contribution in [2.24, 2.45) is 0 Å². The minimum absolute atomic E-state index is 0.0458. The highest BCUT2D eigenvalue weighted by molar-refractivity contribution is 5.89. The number of rotatable bonds is 5. The summed E-state index contributed by atoms with van der Waals surface area (Å²) < 4.78 is 16.4. The van der Waals surface area contributed by atoms with Crippen molar-refractivity contribution in [1.82, 2.24) is 14.9 Å². The van der Waals surface area contributed by atoms with Gasteiger partial charge in [-0.1, -0.05) is 0 Å². The third-order valence-electron chi connectivity index (χ3n) is 4.40. The van der Waals surface area contributed by atoms with E-state index >= 15 is 0 Å². The van der Waals surface area contributed by atoms with Gasteiger partial charge < -0.3 is 24.4 Å². The van der Waals surface area contributed by atoms with E-state index in [2.05, 4.69) is 15.3 Å². The largest absolute Gasteiger partial charge is 0.493 e. The molecule has 0 unspecified atom stereocenters. The number of urea groups is 1. The summed E-state index contributed by atoms with van der Waals surface area (Å²) in [7, 11) is 3.14. The molecule has 3 rings (SSSR count). The first-order chi connectivity index (χ1) is 13.1. The van der Waals surface area contributed by atoms with E-state index in [4.69, 9.17) is 14.2 Å². The number of benzene rings is 1. The summed E-state index contributed by atoms with van der Waals surface area (Å²) in [6, 6.07) is 6.90. The van der Waals surface area contributed by atoms with Gasteiger partial charge in [-0.15, -0.1) is 0 Å². The topological polar surface area (TPSA) is 85.8 Å². The van der Waals surface area contributed by atoms with Crippen molar-refractivity contribution in [2.45, 2.75) is 25.9 Å². The van der Waals surface area contributed by atoms with Crippen LogP contribution in [0.25, 0.3) is 0 Å². The van der Waals surface area contributed by atoms with Crippen LogP contribution < -0.4 is 19.5 Å². The molecule has 2 aromatic rings. The Hall–Kier alpha value is -3.03. The van der Waals surface area contributed by atoms with Gasteiger partial charge in [0.15, 0.2) is 11.5 Å². The van der Waals surface area contributed by atoms with Crippen molar-refractivity contribution < 1.29 is 19.0 Å². The van der Waals surface area contributed by atoms with Gasteiger partial charge in [0.05, 0.1) is 14.2 Å². The molecule has 27 heavy (non-hydrogen) atoms. The van der Waals surface area contributed by atoms with E-state index in [-0.39, 0.29) is 12.1 Å². The zero-order valence-corrected chi connectivity index (χ0v) is 15.8. The molecular formula is C19H24N4O4. The number of likely N-dealkylation sites (tertiary alicyclic amines) is 1. The summed E-state index contributed by atoms with van der Waals surface area (Å²) in [5, 5.41) is 2.90. The predicted octanol–water partition coefficient (Wildman–Crippen LogP) is 2.88. The molecule has 1 N–H and O–H groups in total. The average molecular weight is 372 g/mol. The van der Waals surface area contributed by atoms with Gasteiger partial charge in [0.2, 0.25) is 5.88 Å². The van der Waals surface area contributed by atoms with Gasteiger partial charge in [0, 0.05) is 49.9 Å². The highest BCUT2D eigenvalue weighted by Crippen LogP contribution is 2.30. The van der Waals surface area contributed by atoms with Crippen LogP contribution in [-0.4, -0.2) is 54.3 Å². The second kappa shape index (κ2) is 8.57. The Kier molecular flexibility index (Phi) is 5.95. The molecule has 0 bridgehead atoms. The molecule has 144 valence electrons. The highest BCUT2D eigenvalue weighted by atomic mass is 16.5. The smallest absolute Gasteiger partial charge is 0.321 e. The summed E-state index contributed by atoms with van der Waals surface area (Å²) in [5.41, 5.74) is 0.660. The molecule has 0 atom stereocenters. The van der Waals surface area contributed by atoms with Crippen molar-refractivity contribution in [1.29, 1.82) is 0 Å². The van der Waals surface area contributed by atoms with E-state index in [0.717, 1.165) is 12.8 Å². The Balaban J connectivity index is 1.52. The SMILES string of the molecule is COc1ccc(NC(=O)N2CCC(Oc3ccnc(C)n3)CC2)cc1OC. The van der Waals surface area contributed by atoms with Crippen LogP contribution in [-0.2, 0) is 0 Å². The first kappa shape index (κ1) is 18.8. The minimum Gasteiger partial charge on any atom is -0.493 e. The number of amides is 2. The minimum atomic E-state index is -0.140. The average Bonchev–Trinajstić information content (AvgIpc) is 2.68. The summed E-state index contributed by atoms with van der Waals surface area (Å²) in [5.74, 6) is 2.45. The molecule has 1 fully saturated rings. The summed E-state index contributed by atoms with van der Waals surface area (Å²) in [6.45, 7) is 3.07. The Bertz CT molecular complexity index is 791. The monoisotopic (exact) mass is 372 g/mol. The molecule has 2 amide bonds. The van der Waals surface area contributed by atoms with Crippen molar-refractivity contribution in [3.8, 4) is 17.4 Å². The zero-order valence-electron chi connectivity index (χ0n) is 15.8. The van der Waals surface area contributed by atoms with Crippen LogP contribution in [0.2, 0.25) is 0 Å². The van der Waals surface area contributed by atoms with E-state index in [1.54, 1.807) is 49.6 Å². The molecule has 0 radical (unpaired) electrons. The number of aromatic nitrogens is 2. The first-order valence-corrected chi connectivity index (χ1v) is 8.83. The molecule has 8 nitrogen and oxygen atoms in total. The van der Waals surface area contributed by atoms with Gasteiger partial charge >= 0.3 is 6.03 Å². The number of ether oxygens (including phenoxy) is 3. The third-order valence-corrected chi connectivity index (χ3v) is 4.40. The molecule has 2 heterocycles. The summed E-state index contributed by atoms with van der Waals surface area (Å²) in [4.78, 5) is 22.6. The lowest BCUT2D eigenvalue weighted by molar-refractivity contribution is 0.111. The fraction of sp³-hybridized carbons (Fsp3) is 0.421. The number of hydrogen-bond donors (Lipinski definition) is 1. The first-order valence-electron chi connectivity index (χ1n) is 8.83. The van der Waals surface area contributed by atoms with Gasteiger partial charge in [-0.25, -0.2) is 9.78 Å². The second-order valence-electron chi connectivity index (χ2n) is 6.25. The van der Waals surface area contributed by atoms with Crippen LogP contribution in [0.15, 0.2) is 30.5 Å². The molecule has 1 aromatic carbocycles. The lowest BCUT2D eigenvalue weighted by Gasteiger charge is -2.32. The van der Waals surface area contributed by atoms with Crippen LogP contribution in [0.4, 0.5) is 10.5 Å². The standard InChI is InChI=1S/C19H24N4O4/c1-13-20-9-6-18(21-13)27-15-7-10-23(11-8-15)19(24)22-14-4-5-16(25-2)17(12-14)26-3/h4-6,9,12,15H,7-8,10-11H2,1-3H3,(H,22,24). The van der Waals surface area contributed by atoms with Gasteiger partial charge in [-0.3, -0.25) is 0 Å². The van der Waals surface area contributed by atoms with Gasteiger partial charge in [-0.05, 0) is 19.1 Å². The molecular weight excluding hydrogens is 348 g/mol. The Morgan fingerprint density at radius 1 is 1.15 bits per heavy atom. The molecule has 1 saturated heterocycles. The van der Waals surface area contributed by atoms with Crippen LogP contribution in [0.5, 0.6) is 17.4 Å². The maximum atomic E-state index is 12.5.